The highest BCUT2D eigenvalue weighted by Gasteiger charge is 2.31. The van der Waals surface area contributed by atoms with Crippen LogP contribution in [-0.4, -0.2) is 44.6 Å². The lowest BCUT2D eigenvalue weighted by Crippen LogP contribution is -2.24. The summed E-state index contributed by atoms with van der Waals surface area (Å²) in [7, 11) is 0. The lowest BCUT2D eigenvalue weighted by atomic mass is 9.81. The molecule has 3 aromatic rings. The number of carboxylic acid groups (broad SMARTS) is 2. The van der Waals surface area contributed by atoms with Crippen molar-refractivity contribution < 1.29 is 34.8 Å². The van der Waals surface area contributed by atoms with Gasteiger partial charge in [0.2, 0.25) is 5.91 Å². The highest BCUT2D eigenvalue weighted by molar-refractivity contribution is 6.31. The number of nitrogens with two attached hydrogens (primary N) is 1. The molecule has 36 heavy (non-hydrogen) atoms. The first-order valence-corrected chi connectivity index (χ1v) is 11.1. The van der Waals surface area contributed by atoms with E-state index in [0.717, 1.165) is 10.9 Å². The van der Waals surface area contributed by atoms with E-state index in [1.807, 2.05) is 6.07 Å². The highest BCUT2D eigenvalue weighted by Crippen LogP contribution is 2.42. The zero-order valence-electron chi connectivity index (χ0n) is 19.3. The van der Waals surface area contributed by atoms with E-state index in [1.54, 1.807) is 24.3 Å². The molecule has 0 fully saturated rings. The van der Waals surface area contributed by atoms with E-state index in [0.29, 0.717) is 40.2 Å². The molecule has 0 aliphatic heterocycles. The summed E-state index contributed by atoms with van der Waals surface area (Å²) in [5.41, 5.74) is 8.96. The van der Waals surface area contributed by atoms with Gasteiger partial charge in [-0.15, -0.1) is 12.4 Å². The number of carbonyl (C=O) groups is 3. The average Bonchev–Trinajstić information content (AvgIpc) is 3.17. The number of carbonyl (C=O) groups excluding carboxylic acids is 1. The maximum absolute atomic E-state index is 13.0. The summed E-state index contributed by atoms with van der Waals surface area (Å²) in [5, 5.41) is 23.0. The minimum atomic E-state index is -1.14. The molecule has 8 N–H and O–H groups in total. The van der Waals surface area contributed by atoms with Crippen LogP contribution >= 0.6 is 24.0 Å². The SMILES string of the molecule is C[C@@H](Oc1cc(CN)ccc1NC(=O)C[C@@H]1CCc2cc(Cl)cc3[nH]c(C(=O)O)c1c23)C(=O)O.Cl.O. The van der Waals surface area contributed by atoms with Crippen molar-refractivity contribution in [3.8, 4) is 5.75 Å². The van der Waals surface area contributed by atoms with Crippen LogP contribution in [0.3, 0.4) is 0 Å². The molecule has 4 rings (SSSR count). The Kier molecular flexibility index (Phi) is 9.33. The van der Waals surface area contributed by atoms with Crippen molar-refractivity contribution in [1.82, 2.24) is 4.98 Å². The van der Waals surface area contributed by atoms with Gasteiger partial charge in [0, 0.05) is 28.9 Å². The summed E-state index contributed by atoms with van der Waals surface area (Å²) in [4.78, 5) is 39.1. The van der Waals surface area contributed by atoms with E-state index in [-0.39, 0.29) is 54.1 Å². The van der Waals surface area contributed by atoms with Crippen molar-refractivity contribution in [2.45, 2.75) is 44.8 Å². The van der Waals surface area contributed by atoms with Crippen molar-refractivity contribution in [3.63, 3.8) is 0 Å². The molecule has 1 aliphatic carbocycles. The first-order valence-electron chi connectivity index (χ1n) is 10.8. The number of halogens is 2. The molecule has 1 amide bonds. The number of carboxylic acids is 2. The van der Waals surface area contributed by atoms with Crippen molar-refractivity contribution in [2.75, 3.05) is 5.32 Å². The number of aryl methyl sites for hydroxylation is 1. The number of H-pyrrole nitrogens is 1. The third-order valence-electron chi connectivity index (χ3n) is 6.01. The lowest BCUT2D eigenvalue weighted by molar-refractivity contribution is -0.144. The van der Waals surface area contributed by atoms with Gasteiger partial charge in [-0.25, -0.2) is 9.59 Å². The monoisotopic (exact) mass is 539 g/mol. The zero-order chi connectivity index (χ0) is 24.6. The van der Waals surface area contributed by atoms with E-state index in [1.165, 1.54) is 6.92 Å². The van der Waals surface area contributed by atoms with Gasteiger partial charge in [-0.05, 0) is 66.6 Å². The van der Waals surface area contributed by atoms with Crippen LogP contribution in [0.25, 0.3) is 10.9 Å². The molecule has 0 saturated carbocycles. The molecule has 1 aliphatic rings. The van der Waals surface area contributed by atoms with Crippen LogP contribution < -0.4 is 15.8 Å². The Morgan fingerprint density at radius 2 is 1.97 bits per heavy atom. The van der Waals surface area contributed by atoms with Crippen LogP contribution in [0.1, 0.15) is 52.9 Å². The molecule has 0 bridgehead atoms. The maximum atomic E-state index is 13.0. The summed E-state index contributed by atoms with van der Waals surface area (Å²) >= 11 is 6.18. The summed E-state index contributed by atoms with van der Waals surface area (Å²) in [6.45, 7) is 1.61. The fourth-order valence-corrected chi connectivity index (χ4v) is 4.66. The quantitative estimate of drug-likeness (QED) is 0.289. The summed E-state index contributed by atoms with van der Waals surface area (Å²) in [6.07, 6.45) is 0.160. The number of benzene rings is 2. The van der Waals surface area contributed by atoms with Crippen molar-refractivity contribution >= 4 is 58.4 Å². The van der Waals surface area contributed by atoms with Gasteiger partial charge in [0.1, 0.15) is 11.4 Å². The number of nitrogens with one attached hydrogen (secondary N) is 2. The van der Waals surface area contributed by atoms with Crippen LogP contribution in [0.2, 0.25) is 5.02 Å². The number of aromatic nitrogens is 1. The van der Waals surface area contributed by atoms with Crippen LogP contribution in [0, 0.1) is 0 Å². The van der Waals surface area contributed by atoms with E-state index in [2.05, 4.69) is 10.3 Å². The second kappa shape index (κ2) is 11.6. The molecule has 0 radical (unpaired) electrons. The Hall–Kier alpha value is -3.31. The van der Waals surface area contributed by atoms with E-state index in [9.17, 15) is 24.6 Å². The molecule has 1 aromatic heterocycles. The molecule has 0 unspecified atom stereocenters. The molecule has 0 spiro atoms. The fraction of sp³-hybridized carbons (Fsp3) is 0.292. The second-order valence-corrected chi connectivity index (χ2v) is 8.76. The van der Waals surface area contributed by atoms with Crippen LogP contribution in [0.15, 0.2) is 30.3 Å². The topological polar surface area (TPSA) is 186 Å². The normalized spacial score (nSPS) is 14.8. The molecule has 2 aromatic carbocycles. The lowest BCUT2D eigenvalue weighted by Gasteiger charge is -2.23. The number of ether oxygens (including phenoxy) is 1. The number of aromatic amines is 1. The minimum absolute atomic E-state index is 0. The number of aromatic carboxylic acids is 1. The van der Waals surface area contributed by atoms with Crippen molar-refractivity contribution in [3.05, 3.63) is 57.7 Å². The maximum Gasteiger partial charge on any atom is 0.352 e. The Morgan fingerprint density at radius 1 is 1.25 bits per heavy atom. The second-order valence-electron chi connectivity index (χ2n) is 8.33. The van der Waals surface area contributed by atoms with Gasteiger partial charge >= 0.3 is 11.9 Å². The molecular formula is C24H27Cl2N3O7. The number of anilines is 1. The zero-order valence-corrected chi connectivity index (χ0v) is 20.8. The van der Waals surface area contributed by atoms with Crippen molar-refractivity contribution in [2.24, 2.45) is 5.73 Å². The molecular weight excluding hydrogens is 513 g/mol. The predicted molar refractivity (Wildman–Crippen MR) is 137 cm³/mol. The predicted octanol–water partition coefficient (Wildman–Crippen LogP) is 3.49. The number of aliphatic carboxylic acids is 1. The Bertz CT molecular complexity index is 1310. The smallest absolute Gasteiger partial charge is 0.352 e. The van der Waals surface area contributed by atoms with Crippen molar-refractivity contribution in [1.29, 1.82) is 0 Å². The Labute approximate surface area is 217 Å². The first-order chi connectivity index (χ1) is 16.2. The van der Waals surface area contributed by atoms with E-state index < -0.39 is 18.0 Å². The standard InChI is InChI=1S/C24H24ClN3O6.ClH.H2O/c1-11(23(30)31)34-18-6-12(10-26)2-5-16(18)27-19(29)8-14-4-3-13-7-15(25)9-17-20(13)21(14)22(28-17)24(32)33;;/h2,5-7,9,11,14,28H,3-4,8,10,26H2,1H3,(H,27,29)(H,30,31)(H,32,33);1H;1H2/t11-,14+;;/m1../s1. The van der Waals surface area contributed by atoms with Crippen LogP contribution in [-0.2, 0) is 22.6 Å². The van der Waals surface area contributed by atoms with Gasteiger partial charge in [0.05, 0.1) is 5.69 Å². The Morgan fingerprint density at radius 3 is 2.61 bits per heavy atom. The molecule has 0 saturated heterocycles. The van der Waals surface area contributed by atoms with Crippen LogP contribution in [0.4, 0.5) is 5.69 Å². The van der Waals surface area contributed by atoms with Gasteiger partial charge in [0.25, 0.3) is 0 Å². The third kappa shape index (κ3) is 5.73. The number of hydrogen-bond acceptors (Lipinski definition) is 5. The van der Waals surface area contributed by atoms with E-state index >= 15 is 0 Å². The molecule has 10 nitrogen and oxygen atoms in total. The minimum Gasteiger partial charge on any atom is -0.479 e. The number of amides is 1. The summed E-state index contributed by atoms with van der Waals surface area (Å²) in [5.74, 6) is -2.71. The van der Waals surface area contributed by atoms with Gasteiger partial charge in [-0.3, -0.25) is 4.79 Å². The molecule has 194 valence electrons. The summed E-state index contributed by atoms with van der Waals surface area (Å²) in [6, 6.07) is 8.43. The molecule has 2 atom stereocenters. The number of rotatable bonds is 8. The average molecular weight is 540 g/mol. The fourth-order valence-electron chi connectivity index (χ4n) is 4.42. The first kappa shape index (κ1) is 28.9. The van der Waals surface area contributed by atoms with Gasteiger partial charge in [-0.1, -0.05) is 17.7 Å². The number of hydrogen-bond donors (Lipinski definition) is 5. The van der Waals surface area contributed by atoms with E-state index in [4.69, 9.17) is 22.1 Å². The Balaban J connectivity index is 0.00000228. The van der Waals surface area contributed by atoms with Gasteiger partial charge in [0.15, 0.2) is 6.10 Å². The summed E-state index contributed by atoms with van der Waals surface area (Å²) < 4.78 is 5.52. The van der Waals surface area contributed by atoms with Gasteiger partial charge < -0.3 is 36.5 Å². The highest BCUT2D eigenvalue weighted by atomic mass is 35.5. The largest absolute Gasteiger partial charge is 0.479 e. The third-order valence-corrected chi connectivity index (χ3v) is 6.22. The molecule has 1 heterocycles. The van der Waals surface area contributed by atoms with Crippen LogP contribution in [0.5, 0.6) is 5.75 Å². The molecule has 12 heteroatoms. The van der Waals surface area contributed by atoms with Gasteiger partial charge in [-0.2, -0.15) is 0 Å².